The van der Waals surface area contributed by atoms with E-state index in [0.717, 1.165) is 44.0 Å². The van der Waals surface area contributed by atoms with Crippen LogP contribution in [-0.2, 0) is 6.61 Å². The maximum Gasteiger partial charge on any atom is 0.123 e. The third-order valence-corrected chi connectivity index (χ3v) is 4.32. The molecule has 0 amide bonds. The molecule has 0 atom stereocenters. The van der Waals surface area contributed by atoms with E-state index in [0.29, 0.717) is 13.2 Å². The molecule has 4 nitrogen and oxygen atoms in total. The molecular weight excluding hydrogens is 341 g/mol. The summed E-state index contributed by atoms with van der Waals surface area (Å²) in [6, 6.07) is 14.6. The van der Waals surface area contributed by atoms with Gasteiger partial charge in [-0.25, -0.2) is 4.39 Å². The fourth-order valence-electron chi connectivity index (χ4n) is 2.93. The third-order valence-electron chi connectivity index (χ3n) is 4.32. The van der Waals surface area contributed by atoms with E-state index >= 15 is 0 Å². The van der Waals surface area contributed by atoms with Crippen molar-refractivity contribution in [3.8, 4) is 5.75 Å². The van der Waals surface area contributed by atoms with Crippen LogP contribution in [0.1, 0.15) is 5.56 Å². The third kappa shape index (κ3) is 5.59. The van der Waals surface area contributed by atoms with E-state index in [1.165, 1.54) is 17.8 Å². The van der Waals surface area contributed by atoms with E-state index in [4.69, 9.17) is 10.5 Å². The molecule has 0 radical (unpaired) electrons. The zero-order chi connectivity index (χ0) is 16.8. The van der Waals surface area contributed by atoms with Crippen molar-refractivity contribution in [1.29, 1.82) is 0 Å². The Morgan fingerprint density at radius 2 is 1.72 bits per heavy atom. The van der Waals surface area contributed by atoms with Crippen molar-refractivity contribution in [2.75, 3.05) is 44.2 Å². The van der Waals surface area contributed by atoms with Crippen LogP contribution in [0.4, 0.5) is 10.1 Å². The minimum Gasteiger partial charge on any atom is -0.489 e. The molecule has 0 saturated carbocycles. The smallest absolute Gasteiger partial charge is 0.123 e. The number of benzene rings is 2. The molecule has 3 rings (SSSR count). The molecule has 2 N–H and O–H groups in total. The number of halogens is 2. The molecule has 0 unspecified atom stereocenters. The van der Waals surface area contributed by atoms with E-state index < -0.39 is 0 Å². The summed E-state index contributed by atoms with van der Waals surface area (Å²) in [7, 11) is 0. The van der Waals surface area contributed by atoms with E-state index in [-0.39, 0.29) is 18.2 Å². The van der Waals surface area contributed by atoms with Crippen LogP contribution < -0.4 is 15.4 Å². The lowest BCUT2D eigenvalue weighted by atomic mass is 10.2. The lowest BCUT2D eigenvalue weighted by molar-refractivity contribution is 0.264. The number of nitrogens with two attached hydrogens (primary N) is 1. The molecule has 0 aliphatic carbocycles. The normalized spacial score (nSPS) is 14.9. The average molecular weight is 366 g/mol. The van der Waals surface area contributed by atoms with Crippen LogP contribution in [0.5, 0.6) is 5.75 Å². The largest absolute Gasteiger partial charge is 0.489 e. The van der Waals surface area contributed by atoms with Gasteiger partial charge in [-0.05, 0) is 29.8 Å². The summed E-state index contributed by atoms with van der Waals surface area (Å²) in [4.78, 5) is 4.77. The van der Waals surface area contributed by atoms with Crippen molar-refractivity contribution in [2.24, 2.45) is 5.73 Å². The zero-order valence-electron chi connectivity index (χ0n) is 14.2. The Hall–Kier alpha value is -1.82. The number of piperazine rings is 1. The minimum atomic E-state index is -0.227. The summed E-state index contributed by atoms with van der Waals surface area (Å²) < 4.78 is 18.8. The Morgan fingerprint density at radius 1 is 1.00 bits per heavy atom. The Morgan fingerprint density at radius 3 is 2.40 bits per heavy atom. The SMILES string of the molecule is Cl.NCCN1CCN(c2cccc(OCc3ccc(F)cc3)c2)CC1. The van der Waals surface area contributed by atoms with Gasteiger partial charge in [-0.1, -0.05) is 18.2 Å². The first-order chi connectivity index (χ1) is 11.7. The number of hydrogen-bond acceptors (Lipinski definition) is 4. The summed E-state index contributed by atoms with van der Waals surface area (Å²) in [6.45, 7) is 6.20. The summed E-state index contributed by atoms with van der Waals surface area (Å²) in [5.74, 6) is 0.607. The van der Waals surface area contributed by atoms with Crippen molar-refractivity contribution in [3.05, 3.63) is 59.9 Å². The van der Waals surface area contributed by atoms with Gasteiger partial charge in [0.05, 0.1) is 0 Å². The fourth-order valence-corrected chi connectivity index (χ4v) is 2.93. The van der Waals surface area contributed by atoms with Crippen molar-refractivity contribution < 1.29 is 9.13 Å². The summed E-state index contributed by atoms with van der Waals surface area (Å²) >= 11 is 0. The van der Waals surface area contributed by atoms with E-state index in [1.807, 2.05) is 12.1 Å². The van der Waals surface area contributed by atoms with Gasteiger partial charge >= 0.3 is 0 Å². The van der Waals surface area contributed by atoms with Gasteiger partial charge in [-0.3, -0.25) is 4.90 Å². The molecule has 1 aliphatic rings. The maximum atomic E-state index is 12.9. The van der Waals surface area contributed by atoms with Crippen molar-refractivity contribution in [3.63, 3.8) is 0 Å². The molecule has 1 fully saturated rings. The predicted octanol–water partition coefficient (Wildman–Crippen LogP) is 2.91. The predicted molar refractivity (Wildman–Crippen MR) is 102 cm³/mol. The highest BCUT2D eigenvalue weighted by molar-refractivity contribution is 5.85. The van der Waals surface area contributed by atoms with Gasteiger partial charge < -0.3 is 15.4 Å². The Labute approximate surface area is 154 Å². The van der Waals surface area contributed by atoms with Crippen molar-refractivity contribution >= 4 is 18.1 Å². The van der Waals surface area contributed by atoms with Crippen molar-refractivity contribution in [2.45, 2.75) is 6.61 Å². The van der Waals surface area contributed by atoms with Crippen molar-refractivity contribution in [1.82, 2.24) is 4.90 Å². The molecule has 25 heavy (non-hydrogen) atoms. The number of nitrogens with zero attached hydrogens (tertiary/aromatic N) is 2. The van der Waals surface area contributed by atoms with Gasteiger partial charge in [0.15, 0.2) is 0 Å². The minimum absolute atomic E-state index is 0. The summed E-state index contributed by atoms with van der Waals surface area (Å²) in [5, 5.41) is 0. The van der Waals surface area contributed by atoms with E-state index in [9.17, 15) is 4.39 Å². The van der Waals surface area contributed by atoms with Gasteiger partial charge in [-0.2, -0.15) is 0 Å². The number of anilines is 1. The molecule has 136 valence electrons. The first-order valence-electron chi connectivity index (χ1n) is 8.39. The quantitative estimate of drug-likeness (QED) is 0.854. The molecule has 2 aromatic rings. The molecule has 6 heteroatoms. The highest BCUT2D eigenvalue weighted by Gasteiger charge is 2.16. The van der Waals surface area contributed by atoms with Gasteiger partial charge in [0.1, 0.15) is 18.2 Å². The van der Waals surface area contributed by atoms with Gasteiger partial charge in [0, 0.05) is 51.0 Å². The summed E-state index contributed by atoms with van der Waals surface area (Å²) in [5.41, 5.74) is 7.76. The lowest BCUT2D eigenvalue weighted by Gasteiger charge is -2.36. The molecule has 1 heterocycles. The topological polar surface area (TPSA) is 41.7 Å². The Bertz CT molecular complexity index is 645. The monoisotopic (exact) mass is 365 g/mol. The van der Waals surface area contributed by atoms with Crippen LogP contribution in [-0.4, -0.2) is 44.2 Å². The van der Waals surface area contributed by atoms with Gasteiger partial charge in [0.2, 0.25) is 0 Å². The van der Waals surface area contributed by atoms with Crippen LogP contribution in [0.15, 0.2) is 48.5 Å². The fraction of sp³-hybridized carbons (Fsp3) is 0.368. The highest BCUT2D eigenvalue weighted by Crippen LogP contribution is 2.23. The molecule has 0 aromatic heterocycles. The lowest BCUT2D eigenvalue weighted by Crippen LogP contribution is -2.47. The van der Waals surface area contributed by atoms with E-state index in [1.54, 1.807) is 12.1 Å². The molecular formula is C19H25ClFN3O. The molecule has 0 spiro atoms. The van der Waals surface area contributed by atoms with Crippen LogP contribution >= 0.6 is 12.4 Å². The maximum absolute atomic E-state index is 12.9. The zero-order valence-corrected chi connectivity index (χ0v) is 15.1. The van der Waals surface area contributed by atoms with Gasteiger partial charge in [0.25, 0.3) is 0 Å². The van der Waals surface area contributed by atoms with E-state index in [2.05, 4.69) is 21.9 Å². The number of rotatable bonds is 6. The molecule has 1 aliphatic heterocycles. The molecule has 1 saturated heterocycles. The average Bonchev–Trinajstić information content (AvgIpc) is 2.62. The molecule has 0 bridgehead atoms. The first kappa shape index (κ1) is 19.5. The van der Waals surface area contributed by atoms with Crippen LogP contribution in [0.2, 0.25) is 0 Å². The van der Waals surface area contributed by atoms with Crippen LogP contribution in [0.3, 0.4) is 0 Å². The van der Waals surface area contributed by atoms with Gasteiger partial charge in [-0.15, -0.1) is 12.4 Å². The Kier molecular flexibility index (Phi) is 7.50. The van der Waals surface area contributed by atoms with Crippen LogP contribution in [0.25, 0.3) is 0 Å². The summed E-state index contributed by atoms with van der Waals surface area (Å²) in [6.07, 6.45) is 0. The second kappa shape index (κ2) is 9.61. The molecule has 2 aromatic carbocycles. The number of ether oxygens (including phenoxy) is 1. The number of hydrogen-bond donors (Lipinski definition) is 1. The van der Waals surface area contributed by atoms with Crippen LogP contribution in [0, 0.1) is 5.82 Å². The highest BCUT2D eigenvalue weighted by atomic mass is 35.5. The Balaban J connectivity index is 0.00000225. The second-order valence-corrected chi connectivity index (χ2v) is 6.03. The standard InChI is InChI=1S/C19H24FN3O.ClH/c20-17-6-4-16(5-7-17)15-24-19-3-1-2-18(14-19)23-12-10-22(9-8-21)11-13-23;/h1-7,14H,8-13,15,21H2;1H. The second-order valence-electron chi connectivity index (χ2n) is 6.03. The first-order valence-corrected chi connectivity index (χ1v) is 8.39.